The summed E-state index contributed by atoms with van der Waals surface area (Å²) in [7, 11) is -3.70. The molecule has 10 heteroatoms. The number of nitrogens with one attached hydrogen (secondary N) is 2. The molecule has 0 aliphatic rings. The number of hydrogen-bond acceptors (Lipinski definition) is 4. The van der Waals surface area contributed by atoms with Crippen molar-refractivity contribution in [3.05, 3.63) is 88.8 Å². The fourth-order valence-corrected chi connectivity index (χ4v) is 3.45. The van der Waals surface area contributed by atoms with E-state index in [-0.39, 0.29) is 28.9 Å². The van der Waals surface area contributed by atoms with Crippen molar-refractivity contribution in [2.24, 2.45) is 10.1 Å². The summed E-state index contributed by atoms with van der Waals surface area (Å²) in [6.45, 7) is 1.56. The van der Waals surface area contributed by atoms with Crippen molar-refractivity contribution in [3.8, 4) is 0 Å². The molecular weight excluding hydrogens is 551 g/mol. The molecule has 0 fully saturated rings. The number of aliphatic imine (C=N–C) groups is 1. The van der Waals surface area contributed by atoms with Crippen LogP contribution in [0.5, 0.6) is 0 Å². The second-order valence-corrected chi connectivity index (χ2v) is 8.59. The van der Waals surface area contributed by atoms with E-state index in [4.69, 9.17) is 21.2 Å². The first-order valence-corrected chi connectivity index (χ1v) is 11.2. The highest BCUT2D eigenvalue weighted by atomic mass is 127. The molecule has 4 N–H and O–H groups in total. The van der Waals surface area contributed by atoms with Crippen LogP contribution >= 0.6 is 35.6 Å². The highest BCUT2D eigenvalue weighted by Crippen LogP contribution is 2.12. The van der Waals surface area contributed by atoms with E-state index in [0.717, 1.165) is 16.9 Å². The van der Waals surface area contributed by atoms with Crippen LogP contribution in [0, 0.1) is 0 Å². The number of primary sulfonamides is 1. The van der Waals surface area contributed by atoms with E-state index in [1.165, 1.54) is 12.1 Å². The number of furan rings is 1. The quantitative estimate of drug-likeness (QED) is 0.216. The van der Waals surface area contributed by atoms with Crippen LogP contribution in [0.25, 0.3) is 0 Å². The number of rotatable bonds is 8. The van der Waals surface area contributed by atoms with Gasteiger partial charge in [0.1, 0.15) is 5.76 Å². The van der Waals surface area contributed by atoms with E-state index < -0.39 is 10.0 Å². The Labute approximate surface area is 204 Å². The monoisotopic (exact) mass is 574 g/mol. The number of halogens is 2. The lowest BCUT2D eigenvalue weighted by Crippen LogP contribution is -2.38. The Bertz CT molecular complexity index is 1090. The fourth-order valence-electron chi connectivity index (χ4n) is 2.72. The molecular formula is C21H24ClIN4O3S. The van der Waals surface area contributed by atoms with Crippen LogP contribution in [0.15, 0.2) is 81.2 Å². The molecule has 0 saturated heterocycles. The fraction of sp³-hybridized carbons (Fsp3) is 0.190. The van der Waals surface area contributed by atoms with Crippen LogP contribution < -0.4 is 15.8 Å². The van der Waals surface area contributed by atoms with E-state index >= 15 is 0 Å². The highest BCUT2D eigenvalue weighted by molar-refractivity contribution is 14.0. The first-order chi connectivity index (χ1) is 14.4. The molecule has 7 nitrogen and oxygen atoms in total. The van der Waals surface area contributed by atoms with E-state index in [1.807, 2.05) is 36.4 Å². The second-order valence-electron chi connectivity index (χ2n) is 6.59. The van der Waals surface area contributed by atoms with Gasteiger partial charge in [-0.05, 0) is 47.5 Å². The lowest BCUT2D eigenvalue weighted by atomic mass is 10.2. The Kier molecular flexibility index (Phi) is 9.82. The summed E-state index contributed by atoms with van der Waals surface area (Å²) in [4.78, 5) is 4.70. The summed E-state index contributed by atoms with van der Waals surface area (Å²) < 4.78 is 28.1. The molecule has 0 bridgehead atoms. The van der Waals surface area contributed by atoms with Gasteiger partial charge in [-0.15, -0.1) is 24.0 Å². The van der Waals surface area contributed by atoms with Crippen molar-refractivity contribution in [2.45, 2.75) is 24.4 Å². The molecule has 1 aromatic heterocycles. The number of nitrogens with two attached hydrogens (primary N) is 1. The predicted molar refractivity (Wildman–Crippen MR) is 133 cm³/mol. The Morgan fingerprint density at radius 1 is 1.03 bits per heavy atom. The molecule has 0 radical (unpaired) electrons. The molecule has 0 saturated carbocycles. The van der Waals surface area contributed by atoms with Crippen LogP contribution in [0.1, 0.15) is 16.9 Å². The van der Waals surface area contributed by atoms with Gasteiger partial charge in [-0.2, -0.15) is 0 Å². The second kappa shape index (κ2) is 12.1. The number of benzene rings is 2. The largest absolute Gasteiger partial charge is 0.469 e. The number of hydrogen-bond donors (Lipinski definition) is 3. The van der Waals surface area contributed by atoms with Gasteiger partial charge in [-0.1, -0.05) is 35.9 Å². The number of sulfonamides is 1. The van der Waals surface area contributed by atoms with Gasteiger partial charge in [0.05, 0.1) is 17.7 Å². The average molecular weight is 575 g/mol. The predicted octanol–water partition coefficient (Wildman–Crippen LogP) is 3.68. The van der Waals surface area contributed by atoms with Gasteiger partial charge >= 0.3 is 0 Å². The van der Waals surface area contributed by atoms with E-state index in [2.05, 4.69) is 15.6 Å². The summed E-state index contributed by atoms with van der Waals surface area (Å²) in [5.41, 5.74) is 1.89. The maximum absolute atomic E-state index is 11.4. The molecule has 0 unspecified atom stereocenters. The van der Waals surface area contributed by atoms with Crippen LogP contribution in [0.4, 0.5) is 0 Å². The van der Waals surface area contributed by atoms with Gasteiger partial charge < -0.3 is 15.1 Å². The van der Waals surface area contributed by atoms with Crippen LogP contribution in [0.3, 0.4) is 0 Å². The van der Waals surface area contributed by atoms with E-state index in [0.29, 0.717) is 37.0 Å². The van der Waals surface area contributed by atoms with Gasteiger partial charge in [0.2, 0.25) is 10.0 Å². The third kappa shape index (κ3) is 8.52. The number of nitrogens with zero attached hydrogens (tertiary/aromatic N) is 1. The minimum Gasteiger partial charge on any atom is -0.469 e. The van der Waals surface area contributed by atoms with Crippen molar-refractivity contribution in [3.63, 3.8) is 0 Å². The van der Waals surface area contributed by atoms with Gasteiger partial charge in [0.25, 0.3) is 0 Å². The molecule has 166 valence electrons. The van der Waals surface area contributed by atoms with Crippen molar-refractivity contribution < 1.29 is 12.8 Å². The third-order valence-corrected chi connectivity index (χ3v) is 5.43. The van der Waals surface area contributed by atoms with Crippen LogP contribution in [-0.4, -0.2) is 20.9 Å². The zero-order valence-corrected chi connectivity index (χ0v) is 20.5. The molecule has 31 heavy (non-hydrogen) atoms. The van der Waals surface area contributed by atoms with E-state index in [9.17, 15) is 8.42 Å². The SMILES string of the molecule is I.NS(=O)(=O)c1ccc(CNC(=NCc2cccc(Cl)c2)NCCc2ccco2)cc1. The normalized spacial score (nSPS) is 11.6. The van der Waals surface area contributed by atoms with Gasteiger partial charge in [-0.25, -0.2) is 18.5 Å². The Balaban J connectivity index is 0.00000341. The lowest BCUT2D eigenvalue weighted by molar-refractivity contribution is 0.506. The molecule has 0 amide bonds. The van der Waals surface area contributed by atoms with Gasteiger partial charge in [0.15, 0.2) is 5.96 Å². The molecule has 1 heterocycles. The minimum atomic E-state index is -3.70. The highest BCUT2D eigenvalue weighted by Gasteiger charge is 2.07. The Morgan fingerprint density at radius 3 is 2.45 bits per heavy atom. The Hall–Kier alpha value is -2.08. The molecule has 0 spiro atoms. The molecule has 3 rings (SSSR count). The summed E-state index contributed by atoms with van der Waals surface area (Å²) in [5.74, 6) is 1.51. The molecule has 3 aromatic rings. The maximum atomic E-state index is 11.4. The minimum absolute atomic E-state index is 0. The van der Waals surface area contributed by atoms with Crippen molar-refractivity contribution in [1.82, 2.24) is 10.6 Å². The van der Waals surface area contributed by atoms with Crippen LogP contribution in [-0.2, 0) is 29.5 Å². The zero-order chi connectivity index (χ0) is 21.4. The maximum Gasteiger partial charge on any atom is 0.238 e. The standard InChI is InChI=1S/C21H23ClN4O3S.HI/c22-18-4-1-3-17(13-18)15-26-21(24-11-10-19-5-2-12-29-19)25-14-16-6-8-20(9-7-16)30(23,27)28;/h1-9,12-13H,10-11,14-15H2,(H2,23,27,28)(H2,24,25,26);1H. The van der Waals surface area contributed by atoms with Gasteiger partial charge in [-0.3, -0.25) is 0 Å². The molecule has 2 aromatic carbocycles. The topological polar surface area (TPSA) is 110 Å². The van der Waals surface area contributed by atoms with Crippen molar-refractivity contribution >= 4 is 51.6 Å². The molecule has 0 atom stereocenters. The smallest absolute Gasteiger partial charge is 0.238 e. The third-order valence-electron chi connectivity index (χ3n) is 4.26. The van der Waals surface area contributed by atoms with Crippen LogP contribution in [0.2, 0.25) is 5.02 Å². The van der Waals surface area contributed by atoms with Gasteiger partial charge in [0, 0.05) is 24.5 Å². The summed E-state index contributed by atoms with van der Waals surface area (Å²) in [6.07, 6.45) is 2.36. The average Bonchev–Trinajstić information content (AvgIpc) is 3.23. The number of guanidine groups is 1. The first-order valence-electron chi connectivity index (χ1n) is 9.31. The van der Waals surface area contributed by atoms with E-state index in [1.54, 1.807) is 18.4 Å². The van der Waals surface area contributed by atoms with Crippen molar-refractivity contribution in [2.75, 3.05) is 6.54 Å². The Morgan fingerprint density at radius 2 is 1.81 bits per heavy atom. The first kappa shape index (κ1) is 25.2. The summed E-state index contributed by atoms with van der Waals surface area (Å²) in [6, 6.07) is 17.7. The molecule has 0 aliphatic carbocycles. The molecule has 0 aliphatic heterocycles. The summed E-state index contributed by atoms with van der Waals surface area (Å²) >= 11 is 6.04. The zero-order valence-electron chi connectivity index (χ0n) is 16.6. The lowest BCUT2D eigenvalue weighted by Gasteiger charge is -2.13. The summed E-state index contributed by atoms with van der Waals surface area (Å²) in [5, 5.41) is 12.3. The van der Waals surface area contributed by atoms with Crippen molar-refractivity contribution in [1.29, 1.82) is 0 Å².